The molecule has 16 heavy (non-hydrogen) atoms. The molecule has 0 bridgehead atoms. The Kier molecular flexibility index (Phi) is 3.59. The van der Waals surface area contributed by atoms with Gasteiger partial charge in [-0.05, 0) is 24.6 Å². The summed E-state index contributed by atoms with van der Waals surface area (Å²) in [6, 6.07) is 8.39. The molecule has 86 valence electrons. The van der Waals surface area contributed by atoms with E-state index < -0.39 is 0 Å². The van der Waals surface area contributed by atoms with Crippen LogP contribution in [0.2, 0.25) is 0 Å². The molecule has 2 rings (SSSR count). The van der Waals surface area contributed by atoms with Gasteiger partial charge in [0.15, 0.2) is 0 Å². The number of para-hydroxylation sites is 1. The van der Waals surface area contributed by atoms with E-state index in [-0.39, 0.29) is 12.6 Å². The zero-order chi connectivity index (χ0) is 11.4. The second kappa shape index (κ2) is 5.14. The molecule has 0 saturated heterocycles. The van der Waals surface area contributed by atoms with Gasteiger partial charge in [0.05, 0.1) is 6.61 Å². The topological polar surface area (TPSA) is 48.0 Å². The van der Waals surface area contributed by atoms with E-state index in [0.717, 1.165) is 18.5 Å². The van der Waals surface area contributed by atoms with E-state index in [1.54, 1.807) is 0 Å². The molecular formula is C13H18N2O. The number of benzene rings is 1. The van der Waals surface area contributed by atoms with Crippen molar-refractivity contribution in [1.82, 2.24) is 10.3 Å². The smallest absolute Gasteiger partial charge is 0.0587 e. The van der Waals surface area contributed by atoms with Gasteiger partial charge in [-0.2, -0.15) is 0 Å². The van der Waals surface area contributed by atoms with E-state index in [1.165, 1.54) is 10.9 Å². The average Bonchev–Trinajstić information content (AvgIpc) is 2.72. The lowest BCUT2D eigenvalue weighted by atomic mass is 10.1. The first-order valence-corrected chi connectivity index (χ1v) is 5.74. The number of likely N-dealkylation sites (N-methyl/N-ethyl adjacent to an activating group) is 1. The van der Waals surface area contributed by atoms with Crippen LogP contribution >= 0.6 is 0 Å². The Morgan fingerprint density at radius 2 is 2.19 bits per heavy atom. The van der Waals surface area contributed by atoms with Crippen LogP contribution in [0, 0.1) is 0 Å². The molecule has 1 aromatic carbocycles. The molecule has 0 aliphatic heterocycles. The number of fused-ring (bicyclic) bond motifs is 1. The molecule has 3 heteroatoms. The van der Waals surface area contributed by atoms with Gasteiger partial charge in [0.1, 0.15) is 0 Å². The fourth-order valence-electron chi connectivity index (χ4n) is 2.06. The van der Waals surface area contributed by atoms with Gasteiger partial charge in [0.25, 0.3) is 0 Å². The van der Waals surface area contributed by atoms with E-state index in [2.05, 4.69) is 29.4 Å². The lowest BCUT2D eigenvalue weighted by molar-refractivity contribution is 0.243. The number of aliphatic hydroxyl groups excluding tert-OH is 1. The summed E-state index contributed by atoms with van der Waals surface area (Å²) < 4.78 is 0. The molecule has 0 saturated carbocycles. The van der Waals surface area contributed by atoms with Crippen LogP contribution in [0.3, 0.4) is 0 Å². The van der Waals surface area contributed by atoms with Gasteiger partial charge >= 0.3 is 0 Å². The summed E-state index contributed by atoms with van der Waals surface area (Å²) in [7, 11) is 0. The van der Waals surface area contributed by atoms with Gasteiger partial charge in [-0.15, -0.1) is 0 Å². The molecule has 1 aromatic heterocycles. The Bertz CT molecular complexity index is 450. The highest BCUT2D eigenvalue weighted by molar-refractivity contribution is 5.83. The van der Waals surface area contributed by atoms with E-state index >= 15 is 0 Å². The van der Waals surface area contributed by atoms with E-state index in [1.807, 2.05) is 18.3 Å². The van der Waals surface area contributed by atoms with Crippen LogP contribution in [-0.4, -0.2) is 29.3 Å². The third-order valence-electron chi connectivity index (χ3n) is 2.85. The second-order valence-corrected chi connectivity index (χ2v) is 4.00. The lowest BCUT2D eigenvalue weighted by Crippen LogP contribution is -2.34. The first kappa shape index (κ1) is 11.2. The largest absolute Gasteiger partial charge is 0.395 e. The highest BCUT2D eigenvalue weighted by Crippen LogP contribution is 2.18. The summed E-state index contributed by atoms with van der Waals surface area (Å²) >= 11 is 0. The molecule has 0 radical (unpaired) electrons. The summed E-state index contributed by atoms with van der Waals surface area (Å²) in [6.45, 7) is 3.11. The summed E-state index contributed by atoms with van der Waals surface area (Å²) in [4.78, 5) is 3.25. The van der Waals surface area contributed by atoms with Gasteiger partial charge in [-0.1, -0.05) is 25.1 Å². The average molecular weight is 218 g/mol. The highest BCUT2D eigenvalue weighted by Gasteiger charge is 2.10. The van der Waals surface area contributed by atoms with Crippen molar-refractivity contribution in [3.05, 3.63) is 36.0 Å². The Hall–Kier alpha value is -1.32. The van der Waals surface area contributed by atoms with E-state index in [9.17, 15) is 5.11 Å². The first-order valence-electron chi connectivity index (χ1n) is 5.74. The Morgan fingerprint density at radius 1 is 1.38 bits per heavy atom. The first-order chi connectivity index (χ1) is 7.85. The van der Waals surface area contributed by atoms with Crippen LogP contribution in [0.1, 0.15) is 12.5 Å². The highest BCUT2D eigenvalue weighted by atomic mass is 16.3. The molecule has 3 nitrogen and oxygen atoms in total. The Morgan fingerprint density at radius 3 is 2.94 bits per heavy atom. The molecule has 0 unspecified atom stereocenters. The zero-order valence-corrected chi connectivity index (χ0v) is 9.53. The van der Waals surface area contributed by atoms with Gasteiger partial charge in [0.2, 0.25) is 0 Å². The minimum absolute atomic E-state index is 0.143. The monoisotopic (exact) mass is 218 g/mol. The van der Waals surface area contributed by atoms with Gasteiger partial charge in [-0.3, -0.25) is 0 Å². The molecule has 2 aromatic rings. The summed E-state index contributed by atoms with van der Waals surface area (Å²) in [5.74, 6) is 0. The van der Waals surface area contributed by atoms with Crippen molar-refractivity contribution in [2.75, 3.05) is 13.2 Å². The number of aliphatic hydroxyl groups is 1. The third kappa shape index (κ3) is 2.26. The maximum atomic E-state index is 9.26. The molecule has 1 heterocycles. The molecule has 1 atom stereocenters. The molecular weight excluding hydrogens is 200 g/mol. The van der Waals surface area contributed by atoms with Gasteiger partial charge < -0.3 is 15.4 Å². The van der Waals surface area contributed by atoms with Crippen LogP contribution in [0.4, 0.5) is 0 Å². The van der Waals surface area contributed by atoms with Crippen molar-refractivity contribution >= 4 is 10.9 Å². The quantitative estimate of drug-likeness (QED) is 0.715. The minimum Gasteiger partial charge on any atom is -0.395 e. The molecule has 0 fully saturated rings. The number of nitrogens with one attached hydrogen (secondary N) is 2. The fraction of sp³-hybridized carbons (Fsp3) is 0.385. The molecule has 0 aliphatic rings. The van der Waals surface area contributed by atoms with Crippen molar-refractivity contribution in [2.45, 2.75) is 19.4 Å². The van der Waals surface area contributed by atoms with Crippen molar-refractivity contribution in [3.8, 4) is 0 Å². The van der Waals surface area contributed by atoms with Crippen LogP contribution in [0.15, 0.2) is 30.5 Å². The zero-order valence-electron chi connectivity index (χ0n) is 9.53. The predicted molar refractivity (Wildman–Crippen MR) is 66.6 cm³/mol. The van der Waals surface area contributed by atoms with Crippen LogP contribution < -0.4 is 5.32 Å². The van der Waals surface area contributed by atoms with Gasteiger partial charge in [0, 0.05) is 23.1 Å². The van der Waals surface area contributed by atoms with E-state index in [0.29, 0.717) is 0 Å². The molecule has 3 N–H and O–H groups in total. The summed E-state index contributed by atoms with van der Waals surface area (Å²) in [5.41, 5.74) is 2.42. The maximum Gasteiger partial charge on any atom is 0.0587 e. The van der Waals surface area contributed by atoms with Crippen LogP contribution in [-0.2, 0) is 6.42 Å². The summed E-state index contributed by atoms with van der Waals surface area (Å²) in [6.07, 6.45) is 2.89. The number of aromatic nitrogens is 1. The lowest BCUT2D eigenvalue weighted by Gasteiger charge is -2.14. The van der Waals surface area contributed by atoms with Crippen molar-refractivity contribution < 1.29 is 5.11 Å². The van der Waals surface area contributed by atoms with E-state index in [4.69, 9.17) is 0 Å². The number of hydrogen-bond acceptors (Lipinski definition) is 2. The fourth-order valence-corrected chi connectivity index (χ4v) is 2.06. The Balaban J connectivity index is 2.20. The number of hydrogen-bond donors (Lipinski definition) is 3. The third-order valence-corrected chi connectivity index (χ3v) is 2.85. The summed E-state index contributed by atoms with van der Waals surface area (Å²) in [5, 5.41) is 13.8. The normalized spacial score (nSPS) is 13.1. The molecule has 0 amide bonds. The number of aromatic amines is 1. The second-order valence-electron chi connectivity index (χ2n) is 4.00. The minimum atomic E-state index is 0.143. The van der Waals surface area contributed by atoms with Gasteiger partial charge in [-0.25, -0.2) is 0 Å². The Labute approximate surface area is 95.5 Å². The SMILES string of the molecule is CCN[C@H](CO)Cc1c[nH]c2ccccc12. The number of H-pyrrole nitrogens is 1. The van der Waals surface area contributed by atoms with Crippen molar-refractivity contribution in [2.24, 2.45) is 0 Å². The number of rotatable bonds is 5. The standard InChI is InChI=1S/C13H18N2O/c1-2-14-11(9-16)7-10-8-15-13-6-4-3-5-12(10)13/h3-6,8,11,14-16H,2,7,9H2,1H3/t11-/m0/s1. The van der Waals surface area contributed by atoms with Crippen LogP contribution in [0.5, 0.6) is 0 Å². The van der Waals surface area contributed by atoms with Crippen molar-refractivity contribution in [1.29, 1.82) is 0 Å². The maximum absolute atomic E-state index is 9.26. The molecule has 0 aliphatic carbocycles. The van der Waals surface area contributed by atoms with Crippen LogP contribution in [0.25, 0.3) is 10.9 Å². The predicted octanol–water partition coefficient (Wildman–Crippen LogP) is 1.68. The van der Waals surface area contributed by atoms with Crippen molar-refractivity contribution in [3.63, 3.8) is 0 Å². The molecule has 0 spiro atoms.